The third-order valence-corrected chi connectivity index (χ3v) is 6.86. The van der Waals surface area contributed by atoms with Gasteiger partial charge in [-0.2, -0.15) is 13.2 Å². The standard InChI is InChI=1S/C24H19Cl2F6N3O3/c1-11-4-12(2-3-15(11)21(37)33-10-19(36)34-14-7-22(28,29)8-14)18-9-23(38-35-18,24(30,31)32)13-5-16(25)20(27)17(26)6-13/h2-6,14H,7-10H2,1H3,(H,33,37)(H,34,36). The highest BCUT2D eigenvalue weighted by Crippen LogP contribution is 2.50. The van der Waals surface area contributed by atoms with E-state index in [1.165, 1.54) is 25.1 Å². The van der Waals surface area contributed by atoms with Gasteiger partial charge < -0.3 is 15.5 Å². The van der Waals surface area contributed by atoms with Crippen molar-refractivity contribution in [3.63, 3.8) is 0 Å². The smallest absolute Gasteiger partial charge is 0.374 e. The number of hydrogen-bond donors (Lipinski definition) is 2. The molecule has 1 fully saturated rings. The maximum atomic E-state index is 14.2. The monoisotopic (exact) mass is 581 g/mol. The van der Waals surface area contributed by atoms with Gasteiger partial charge in [0.15, 0.2) is 5.82 Å². The van der Waals surface area contributed by atoms with Crippen LogP contribution in [0.3, 0.4) is 0 Å². The first kappa shape index (κ1) is 28.0. The third-order valence-electron chi connectivity index (χ3n) is 6.31. The lowest BCUT2D eigenvalue weighted by atomic mass is 9.86. The number of oxime groups is 1. The maximum Gasteiger partial charge on any atom is 0.435 e. The SMILES string of the molecule is Cc1cc(C2=NOC(c3cc(Cl)c(F)c(Cl)c3)(C(F)(F)F)C2)ccc1C(=O)NCC(=O)NC1CC(F)(F)C1. The van der Waals surface area contributed by atoms with Crippen molar-refractivity contribution in [1.29, 1.82) is 0 Å². The molecule has 0 spiro atoms. The molecular weight excluding hydrogens is 563 g/mol. The number of alkyl halides is 5. The zero-order chi connectivity index (χ0) is 28.0. The second-order valence-corrected chi connectivity index (χ2v) is 9.94. The van der Waals surface area contributed by atoms with E-state index < -0.39 is 82.8 Å². The minimum Gasteiger partial charge on any atom is -0.374 e. The van der Waals surface area contributed by atoms with E-state index in [1.807, 2.05) is 0 Å². The molecule has 1 saturated carbocycles. The van der Waals surface area contributed by atoms with Gasteiger partial charge in [0, 0.05) is 36.4 Å². The molecule has 2 aliphatic rings. The number of nitrogens with one attached hydrogen (secondary N) is 2. The zero-order valence-corrected chi connectivity index (χ0v) is 21.0. The van der Waals surface area contributed by atoms with Crippen molar-refractivity contribution in [2.24, 2.45) is 5.16 Å². The average molecular weight is 582 g/mol. The van der Waals surface area contributed by atoms with E-state index in [-0.39, 0.29) is 16.8 Å². The summed E-state index contributed by atoms with van der Waals surface area (Å²) in [5.41, 5.74) is -2.87. The normalized spacial score (nSPS) is 20.8. The van der Waals surface area contributed by atoms with Crippen molar-refractivity contribution >= 4 is 40.7 Å². The Bertz CT molecular complexity index is 1300. The lowest BCUT2D eigenvalue weighted by Crippen LogP contribution is -2.52. The van der Waals surface area contributed by atoms with Crippen molar-refractivity contribution in [2.75, 3.05) is 6.54 Å². The van der Waals surface area contributed by atoms with Gasteiger partial charge in [-0.3, -0.25) is 9.59 Å². The number of carbonyl (C=O) groups is 2. The Hall–Kier alpha value is -2.99. The quantitative estimate of drug-likeness (QED) is 0.341. The van der Waals surface area contributed by atoms with Gasteiger partial charge in [0.2, 0.25) is 5.91 Å². The first-order valence-corrected chi connectivity index (χ1v) is 11.9. The lowest BCUT2D eigenvalue weighted by Gasteiger charge is -2.35. The van der Waals surface area contributed by atoms with Crippen LogP contribution < -0.4 is 10.6 Å². The lowest BCUT2D eigenvalue weighted by molar-refractivity contribution is -0.275. The number of halogens is 8. The van der Waals surface area contributed by atoms with Crippen LogP contribution in [0.1, 0.15) is 46.3 Å². The summed E-state index contributed by atoms with van der Waals surface area (Å²) in [6, 6.07) is 5.02. The number of nitrogens with zero attached hydrogens (tertiary/aromatic N) is 1. The molecule has 0 radical (unpaired) electrons. The van der Waals surface area contributed by atoms with E-state index >= 15 is 0 Å². The maximum absolute atomic E-state index is 14.2. The molecule has 0 aromatic heterocycles. The molecule has 1 aliphatic carbocycles. The molecule has 1 heterocycles. The predicted octanol–water partition coefficient (Wildman–Crippen LogP) is 5.67. The summed E-state index contributed by atoms with van der Waals surface area (Å²) in [6.45, 7) is 1.08. The topological polar surface area (TPSA) is 79.8 Å². The van der Waals surface area contributed by atoms with Gasteiger partial charge >= 0.3 is 6.18 Å². The van der Waals surface area contributed by atoms with Gasteiger partial charge in [0.1, 0.15) is 0 Å². The molecular formula is C24H19Cl2F6N3O3. The van der Waals surface area contributed by atoms with Gasteiger partial charge in [-0.05, 0) is 42.3 Å². The number of hydrogen-bond acceptors (Lipinski definition) is 4. The van der Waals surface area contributed by atoms with E-state index in [9.17, 15) is 35.9 Å². The van der Waals surface area contributed by atoms with Crippen molar-refractivity contribution < 1.29 is 40.8 Å². The fraction of sp³-hybridized carbons (Fsp3) is 0.375. The summed E-state index contributed by atoms with van der Waals surface area (Å²) in [4.78, 5) is 29.3. The summed E-state index contributed by atoms with van der Waals surface area (Å²) in [5, 5.41) is 7.16. The predicted molar refractivity (Wildman–Crippen MR) is 126 cm³/mol. The van der Waals surface area contributed by atoms with Gasteiger partial charge in [-0.15, -0.1) is 0 Å². The summed E-state index contributed by atoms with van der Waals surface area (Å²) < 4.78 is 82.2. The molecule has 4 rings (SSSR count). The van der Waals surface area contributed by atoms with Gasteiger partial charge in [-0.1, -0.05) is 34.4 Å². The van der Waals surface area contributed by atoms with Crippen LogP contribution in [0.15, 0.2) is 35.5 Å². The highest BCUT2D eigenvalue weighted by Gasteiger charge is 2.62. The molecule has 2 N–H and O–H groups in total. The van der Waals surface area contributed by atoms with Crippen LogP contribution in [0.4, 0.5) is 26.3 Å². The third kappa shape index (κ3) is 5.42. The first-order valence-electron chi connectivity index (χ1n) is 11.1. The number of aryl methyl sites for hydroxylation is 1. The highest BCUT2D eigenvalue weighted by molar-refractivity contribution is 6.35. The van der Waals surface area contributed by atoms with Crippen LogP contribution in [0.5, 0.6) is 0 Å². The molecule has 0 bridgehead atoms. The fourth-order valence-electron chi connectivity index (χ4n) is 4.24. The molecule has 38 heavy (non-hydrogen) atoms. The van der Waals surface area contributed by atoms with E-state index in [0.717, 1.165) is 12.1 Å². The van der Waals surface area contributed by atoms with E-state index in [0.29, 0.717) is 5.56 Å². The highest BCUT2D eigenvalue weighted by atomic mass is 35.5. The molecule has 1 unspecified atom stereocenters. The molecule has 2 aromatic rings. The molecule has 2 amide bonds. The molecule has 0 saturated heterocycles. The molecule has 204 valence electrons. The Labute approximate surface area is 222 Å². The summed E-state index contributed by atoms with van der Waals surface area (Å²) >= 11 is 11.4. The van der Waals surface area contributed by atoms with E-state index in [2.05, 4.69) is 15.8 Å². The molecule has 2 aromatic carbocycles. The van der Waals surface area contributed by atoms with Crippen LogP contribution in [-0.2, 0) is 15.2 Å². The van der Waals surface area contributed by atoms with Crippen molar-refractivity contribution in [2.45, 2.75) is 49.9 Å². The second-order valence-electron chi connectivity index (χ2n) is 9.13. The van der Waals surface area contributed by atoms with Gasteiger partial charge in [-0.25, -0.2) is 13.2 Å². The molecule has 1 atom stereocenters. The first-order chi connectivity index (χ1) is 17.6. The minimum atomic E-state index is -4.98. The minimum absolute atomic E-state index is 0.0920. The summed E-state index contributed by atoms with van der Waals surface area (Å²) in [7, 11) is 0. The average Bonchev–Trinajstić information content (AvgIpc) is 3.26. The van der Waals surface area contributed by atoms with Crippen LogP contribution in [0, 0.1) is 12.7 Å². The Morgan fingerprint density at radius 2 is 1.76 bits per heavy atom. The number of carbonyl (C=O) groups excluding carboxylic acids is 2. The van der Waals surface area contributed by atoms with Crippen LogP contribution >= 0.6 is 23.2 Å². The number of rotatable bonds is 6. The van der Waals surface area contributed by atoms with Crippen LogP contribution in [0.25, 0.3) is 0 Å². The van der Waals surface area contributed by atoms with E-state index in [1.54, 1.807) is 0 Å². The van der Waals surface area contributed by atoms with Gasteiger partial charge in [0.25, 0.3) is 17.4 Å². The summed E-state index contributed by atoms with van der Waals surface area (Å²) in [5.74, 6) is -5.14. The molecule has 6 nitrogen and oxygen atoms in total. The Morgan fingerprint density at radius 1 is 1.13 bits per heavy atom. The molecule has 1 aliphatic heterocycles. The second kappa shape index (κ2) is 9.96. The van der Waals surface area contributed by atoms with Gasteiger partial charge in [0.05, 0.1) is 22.3 Å². The number of benzene rings is 2. The summed E-state index contributed by atoms with van der Waals surface area (Å²) in [6.07, 6.45) is -6.68. The Kier molecular flexibility index (Phi) is 7.34. The van der Waals surface area contributed by atoms with Crippen molar-refractivity contribution in [1.82, 2.24) is 10.6 Å². The van der Waals surface area contributed by atoms with Crippen molar-refractivity contribution in [3.05, 3.63) is 68.4 Å². The number of amides is 2. The fourth-order valence-corrected chi connectivity index (χ4v) is 4.73. The van der Waals surface area contributed by atoms with E-state index in [4.69, 9.17) is 28.0 Å². The Balaban J connectivity index is 1.46. The largest absolute Gasteiger partial charge is 0.435 e. The van der Waals surface area contributed by atoms with Crippen LogP contribution in [0.2, 0.25) is 10.0 Å². The molecule has 14 heteroatoms. The Morgan fingerprint density at radius 3 is 2.32 bits per heavy atom. The zero-order valence-electron chi connectivity index (χ0n) is 19.5. The van der Waals surface area contributed by atoms with Crippen molar-refractivity contribution in [3.8, 4) is 0 Å². The van der Waals surface area contributed by atoms with Crippen LogP contribution in [-0.4, -0.2) is 42.2 Å².